The third-order valence-corrected chi connectivity index (χ3v) is 2.20. The zero-order valence-corrected chi connectivity index (χ0v) is 9.09. The van der Waals surface area contributed by atoms with E-state index in [1.165, 1.54) is 6.20 Å². The number of pyridine rings is 1. The van der Waals surface area contributed by atoms with E-state index in [0.29, 0.717) is 16.8 Å². The van der Waals surface area contributed by atoms with E-state index in [4.69, 9.17) is 5.11 Å². The molecule has 0 aromatic carbocycles. The normalized spacial score (nSPS) is 11.1. The van der Waals surface area contributed by atoms with Crippen LogP contribution < -0.4 is 0 Å². The third kappa shape index (κ3) is 4.43. The second-order valence-corrected chi connectivity index (χ2v) is 3.48. The van der Waals surface area contributed by atoms with E-state index in [-0.39, 0.29) is 13.0 Å². The van der Waals surface area contributed by atoms with Crippen molar-refractivity contribution >= 4 is 5.57 Å². The fourth-order valence-electron chi connectivity index (χ4n) is 1.26. The Balaban J connectivity index is 2.72. The topological polar surface area (TPSA) is 33.1 Å². The summed E-state index contributed by atoms with van der Waals surface area (Å²) >= 11 is 0. The van der Waals surface area contributed by atoms with Gasteiger partial charge in [-0.25, -0.2) is 0 Å². The molecule has 0 amide bonds. The summed E-state index contributed by atoms with van der Waals surface area (Å²) in [6.45, 7) is 3.14. The number of rotatable bonds is 4. The molecule has 0 aliphatic rings. The summed E-state index contributed by atoms with van der Waals surface area (Å²) in [5.41, 5.74) is 3.92. The molecule has 0 saturated heterocycles. The van der Waals surface area contributed by atoms with Crippen molar-refractivity contribution in [1.29, 1.82) is 0 Å². The van der Waals surface area contributed by atoms with E-state index in [0.717, 1.165) is 0 Å². The highest BCUT2D eigenvalue weighted by atomic mass is 19.4. The van der Waals surface area contributed by atoms with Crippen molar-refractivity contribution in [2.24, 2.45) is 0 Å². The van der Waals surface area contributed by atoms with E-state index in [9.17, 15) is 13.2 Å². The molecule has 5 heteroatoms. The summed E-state index contributed by atoms with van der Waals surface area (Å²) in [4.78, 5) is 3.95. The number of hydrogen-bond acceptors (Lipinski definition) is 2. The molecule has 2 nitrogen and oxygen atoms in total. The predicted octanol–water partition coefficient (Wildman–Crippen LogP) is 2.74. The van der Waals surface area contributed by atoms with Gasteiger partial charge in [0.2, 0.25) is 0 Å². The van der Waals surface area contributed by atoms with E-state index < -0.39 is 12.6 Å². The molecule has 1 N–H and O–H groups in total. The number of aliphatic hydroxyl groups is 1. The Morgan fingerprint density at radius 3 is 2.53 bits per heavy atom. The van der Waals surface area contributed by atoms with Crippen LogP contribution in [0.2, 0.25) is 0 Å². The standard InChI is InChI=1S/C12H12F3NO/c1-2-10(8-17)11-4-3-9(7-16-11)5-6-12(13,14)15/h3-4,7,17H,1,5-6,8H2. The van der Waals surface area contributed by atoms with Gasteiger partial charge in [0, 0.05) is 18.2 Å². The van der Waals surface area contributed by atoms with Gasteiger partial charge >= 0.3 is 6.18 Å². The second-order valence-electron chi connectivity index (χ2n) is 3.48. The lowest BCUT2D eigenvalue weighted by atomic mass is 10.1. The number of nitrogens with zero attached hydrogens (tertiary/aromatic N) is 1. The summed E-state index contributed by atoms with van der Waals surface area (Å²) in [7, 11) is 0. The second kappa shape index (κ2) is 5.66. The largest absolute Gasteiger partial charge is 0.391 e. The van der Waals surface area contributed by atoms with Crippen molar-refractivity contribution in [2.75, 3.05) is 6.61 Å². The minimum absolute atomic E-state index is 0.0942. The first-order valence-corrected chi connectivity index (χ1v) is 4.98. The van der Waals surface area contributed by atoms with Crippen LogP contribution in [-0.4, -0.2) is 22.9 Å². The van der Waals surface area contributed by atoms with Crippen molar-refractivity contribution < 1.29 is 18.3 Å². The van der Waals surface area contributed by atoms with Crippen LogP contribution in [0.4, 0.5) is 13.2 Å². The van der Waals surface area contributed by atoms with Crippen LogP contribution in [0, 0.1) is 0 Å². The number of hydrogen-bond donors (Lipinski definition) is 1. The van der Waals surface area contributed by atoms with Crippen LogP contribution in [-0.2, 0) is 6.42 Å². The molecular weight excluding hydrogens is 231 g/mol. The molecule has 17 heavy (non-hydrogen) atoms. The fourth-order valence-corrected chi connectivity index (χ4v) is 1.26. The maximum atomic E-state index is 12.0. The van der Waals surface area contributed by atoms with Crippen molar-refractivity contribution in [3.8, 4) is 0 Å². The van der Waals surface area contributed by atoms with Crippen molar-refractivity contribution in [3.63, 3.8) is 0 Å². The monoisotopic (exact) mass is 243 g/mol. The van der Waals surface area contributed by atoms with Crippen LogP contribution in [0.3, 0.4) is 0 Å². The lowest BCUT2D eigenvalue weighted by molar-refractivity contribution is -0.134. The minimum Gasteiger partial charge on any atom is -0.391 e. The van der Waals surface area contributed by atoms with Gasteiger partial charge in [-0.15, -0.1) is 5.73 Å². The van der Waals surface area contributed by atoms with Crippen LogP contribution in [0.1, 0.15) is 17.7 Å². The molecule has 0 saturated carbocycles. The van der Waals surface area contributed by atoms with Crippen LogP contribution in [0.15, 0.2) is 30.6 Å². The zero-order valence-electron chi connectivity index (χ0n) is 9.09. The van der Waals surface area contributed by atoms with Gasteiger partial charge < -0.3 is 5.11 Å². The molecule has 1 aromatic rings. The van der Waals surface area contributed by atoms with Gasteiger partial charge in [-0.05, 0) is 18.1 Å². The average molecular weight is 243 g/mol. The highest BCUT2D eigenvalue weighted by molar-refractivity contribution is 5.62. The molecule has 0 atom stereocenters. The molecule has 0 radical (unpaired) electrons. The fraction of sp³-hybridized carbons (Fsp3) is 0.333. The molecule has 1 rings (SSSR count). The van der Waals surface area contributed by atoms with Crippen molar-refractivity contribution in [1.82, 2.24) is 4.98 Å². The quantitative estimate of drug-likeness (QED) is 0.825. The van der Waals surface area contributed by atoms with Gasteiger partial charge in [0.15, 0.2) is 0 Å². The van der Waals surface area contributed by atoms with Crippen LogP contribution in [0.5, 0.6) is 0 Å². The Morgan fingerprint density at radius 1 is 1.41 bits per heavy atom. The molecule has 92 valence electrons. The Hall–Kier alpha value is -1.58. The van der Waals surface area contributed by atoms with Crippen molar-refractivity contribution in [2.45, 2.75) is 19.0 Å². The summed E-state index contributed by atoms with van der Waals surface area (Å²) in [5.74, 6) is 0. The molecule has 1 aromatic heterocycles. The molecule has 0 aliphatic carbocycles. The van der Waals surface area contributed by atoms with E-state index >= 15 is 0 Å². The minimum atomic E-state index is -4.16. The first-order chi connectivity index (χ1) is 7.96. The van der Waals surface area contributed by atoms with Gasteiger partial charge in [0.05, 0.1) is 12.3 Å². The number of alkyl halides is 3. The van der Waals surface area contributed by atoms with Gasteiger partial charge in [-0.3, -0.25) is 4.98 Å². The third-order valence-electron chi connectivity index (χ3n) is 2.20. The number of aliphatic hydroxyl groups excluding tert-OH is 1. The smallest absolute Gasteiger partial charge is 0.389 e. The number of aromatic nitrogens is 1. The highest BCUT2D eigenvalue weighted by Gasteiger charge is 2.26. The Morgan fingerprint density at radius 2 is 2.12 bits per heavy atom. The van der Waals surface area contributed by atoms with Gasteiger partial charge in [-0.1, -0.05) is 12.6 Å². The van der Waals surface area contributed by atoms with Gasteiger partial charge in [0.1, 0.15) is 0 Å². The molecule has 1 heterocycles. The first-order valence-electron chi connectivity index (χ1n) is 4.98. The molecule has 0 fully saturated rings. The first kappa shape index (κ1) is 13.5. The SMILES string of the molecule is C=C=C(CO)c1ccc(CCC(F)(F)F)cn1. The lowest BCUT2D eigenvalue weighted by Gasteiger charge is -2.06. The Labute approximate surface area is 97.1 Å². The maximum absolute atomic E-state index is 12.0. The van der Waals surface area contributed by atoms with Crippen LogP contribution in [0.25, 0.3) is 5.57 Å². The van der Waals surface area contributed by atoms with E-state index in [1.54, 1.807) is 12.1 Å². The van der Waals surface area contributed by atoms with Crippen LogP contribution >= 0.6 is 0 Å². The molecular formula is C12H12F3NO. The van der Waals surface area contributed by atoms with E-state index in [2.05, 4.69) is 17.3 Å². The summed E-state index contributed by atoms with van der Waals surface area (Å²) in [5, 5.41) is 8.93. The Kier molecular flexibility index (Phi) is 4.49. The Bertz CT molecular complexity index is 416. The highest BCUT2D eigenvalue weighted by Crippen LogP contribution is 2.22. The number of halogens is 3. The average Bonchev–Trinajstić information content (AvgIpc) is 2.29. The summed E-state index contributed by atoms with van der Waals surface area (Å²) in [6.07, 6.45) is -3.74. The van der Waals surface area contributed by atoms with Gasteiger partial charge in [0.25, 0.3) is 0 Å². The number of aryl methyl sites for hydroxylation is 1. The van der Waals surface area contributed by atoms with Crippen molar-refractivity contribution in [3.05, 3.63) is 41.9 Å². The molecule has 0 aliphatic heterocycles. The van der Waals surface area contributed by atoms with E-state index in [1.807, 2.05) is 0 Å². The van der Waals surface area contributed by atoms with Gasteiger partial charge in [-0.2, -0.15) is 13.2 Å². The zero-order chi connectivity index (χ0) is 12.9. The maximum Gasteiger partial charge on any atom is 0.389 e. The lowest BCUT2D eigenvalue weighted by Crippen LogP contribution is -2.08. The molecule has 0 unspecified atom stereocenters. The predicted molar refractivity (Wildman–Crippen MR) is 58.2 cm³/mol. The molecule has 0 spiro atoms. The molecule has 0 bridgehead atoms. The summed E-state index contributed by atoms with van der Waals surface area (Å²) < 4.78 is 35.9. The summed E-state index contributed by atoms with van der Waals surface area (Å²) in [6, 6.07) is 3.11.